The van der Waals surface area contributed by atoms with Gasteiger partial charge in [-0.05, 0) is 42.5 Å². The molecule has 0 unspecified atom stereocenters. The second-order valence-electron chi connectivity index (χ2n) is 4.39. The second-order valence-corrected chi connectivity index (χ2v) is 5.40. The van der Waals surface area contributed by atoms with Crippen LogP contribution in [0.2, 0.25) is 0 Å². The first-order valence-electron chi connectivity index (χ1n) is 6.41. The lowest BCUT2D eigenvalue weighted by Crippen LogP contribution is -1.98. The predicted octanol–water partition coefficient (Wildman–Crippen LogP) is 2.05. The van der Waals surface area contributed by atoms with Crippen LogP contribution in [0, 0.1) is 6.92 Å². The van der Waals surface area contributed by atoms with Crippen molar-refractivity contribution in [2.24, 2.45) is 0 Å². The largest absolute Gasteiger partial charge is 0.502 e. The number of carboxylic acid groups (broad SMARTS) is 1. The number of aromatic hydroxyl groups is 1. The van der Waals surface area contributed by atoms with Gasteiger partial charge in [-0.25, -0.2) is 9.78 Å². The molecule has 0 aliphatic rings. The molecule has 2 aromatic rings. The summed E-state index contributed by atoms with van der Waals surface area (Å²) in [5.74, 6) is -0.326. The van der Waals surface area contributed by atoms with E-state index in [0.29, 0.717) is 16.5 Å². The molecule has 0 saturated carbocycles. The Labute approximate surface area is 136 Å². The maximum Gasteiger partial charge on any atom is 0.342 e. The number of carbonyl (C=O) groups is 1. The summed E-state index contributed by atoms with van der Waals surface area (Å²) < 4.78 is 10.1. The van der Waals surface area contributed by atoms with E-state index in [1.165, 1.54) is 32.4 Å². The molecule has 2 rings (SSSR count). The lowest BCUT2D eigenvalue weighted by molar-refractivity contribution is -0.131. The lowest BCUT2D eigenvalue weighted by atomic mass is 10.1. The molecular formula is C14H15N3O5S. The van der Waals surface area contributed by atoms with Crippen LogP contribution in [0.1, 0.15) is 11.4 Å². The summed E-state index contributed by atoms with van der Waals surface area (Å²) in [5.41, 5.74) is 0.494. The number of aromatic amines is 1. The third-order valence-electron chi connectivity index (χ3n) is 2.79. The van der Waals surface area contributed by atoms with E-state index in [1.807, 2.05) is 0 Å². The fraction of sp³-hybridized carbons (Fsp3) is 0.214. The summed E-state index contributed by atoms with van der Waals surface area (Å²) in [6.45, 7) is 1.72. The molecule has 0 bridgehead atoms. The Hall–Kier alpha value is -2.68. The van der Waals surface area contributed by atoms with E-state index < -0.39 is 5.97 Å². The van der Waals surface area contributed by atoms with E-state index in [9.17, 15) is 15.0 Å². The number of hydrogen-bond acceptors (Lipinski definition) is 7. The number of aromatic nitrogens is 3. The molecule has 23 heavy (non-hydrogen) atoms. The van der Waals surface area contributed by atoms with Crippen molar-refractivity contribution < 1.29 is 24.5 Å². The minimum Gasteiger partial charge on any atom is -0.502 e. The molecule has 0 aliphatic carbocycles. The molecule has 122 valence electrons. The van der Waals surface area contributed by atoms with Crippen LogP contribution in [0.15, 0.2) is 22.2 Å². The second kappa shape index (κ2) is 7.05. The molecule has 8 nitrogen and oxygen atoms in total. The Morgan fingerprint density at radius 3 is 2.35 bits per heavy atom. The standard InChI is InChI=1S/C14H15N3O5S/c1-7-15-14(17-16-7)23-11(13(19)20)6-8-4-9(21-2)12(18)10(5-8)22-3/h4-6,18H,1-3H3,(H,19,20)(H,15,16,17)/b11-6-. The number of nitrogens with one attached hydrogen (secondary N) is 1. The predicted molar refractivity (Wildman–Crippen MR) is 83.8 cm³/mol. The number of rotatable bonds is 6. The quantitative estimate of drug-likeness (QED) is 0.541. The van der Waals surface area contributed by atoms with E-state index in [4.69, 9.17) is 9.47 Å². The van der Waals surface area contributed by atoms with Gasteiger partial charge in [-0.1, -0.05) is 0 Å². The van der Waals surface area contributed by atoms with Gasteiger partial charge in [0.2, 0.25) is 10.9 Å². The van der Waals surface area contributed by atoms with E-state index in [-0.39, 0.29) is 22.2 Å². The Morgan fingerprint density at radius 2 is 1.91 bits per heavy atom. The van der Waals surface area contributed by atoms with Crippen molar-refractivity contribution in [2.45, 2.75) is 12.1 Å². The summed E-state index contributed by atoms with van der Waals surface area (Å²) >= 11 is 0.908. The van der Waals surface area contributed by atoms with Crippen molar-refractivity contribution in [1.29, 1.82) is 0 Å². The van der Waals surface area contributed by atoms with E-state index >= 15 is 0 Å². The van der Waals surface area contributed by atoms with Crippen molar-refractivity contribution in [2.75, 3.05) is 14.2 Å². The van der Waals surface area contributed by atoms with Gasteiger partial charge < -0.3 is 19.7 Å². The number of phenols is 1. The normalized spacial score (nSPS) is 11.3. The third-order valence-corrected chi connectivity index (χ3v) is 3.67. The Morgan fingerprint density at radius 1 is 1.30 bits per heavy atom. The number of nitrogens with zero attached hydrogens (tertiary/aromatic N) is 2. The number of benzene rings is 1. The zero-order valence-electron chi connectivity index (χ0n) is 12.7. The van der Waals surface area contributed by atoms with Crippen molar-refractivity contribution in [1.82, 2.24) is 15.2 Å². The number of ether oxygens (including phenoxy) is 2. The first-order valence-corrected chi connectivity index (χ1v) is 7.23. The van der Waals surface area contributed by atoms with Gasteiger partial charge in [0.05, 0.1) is 14.2 Å². The van der Waals surface area contributed by atoms with Crippen molar-refractivity contribution in [3.05, 3.63) is 28.4 Å². The molecule has 0 amide bonds. The van der Waals surface area contributed by atoms with Crippen LogP contribution in [0.5, 0.6) is 17.2 Å². The first-order chi connectivity index (χ1) is 10.9. The zero-order chi connectivity index (χ0) is 17.0. The molecular weight excluding hydrogens is 322 g/mol. The molecule has 0 radical (unpaired) electrons. The Kier molecular flexibility index (Phi) is 5.12. The van der Waals surface area contributed by atoms with Gasteiger partial charge in [0.1, 0.15) is 10.7 Å². The topological polar surface area (TPSA) is 118 Å². The minimum atomic E-state index is -1.12. The number of thioether (sulfide) groups is 1. The number of carboxylic acids is 1. The summed E-state index contributed by atoms with van der Waals surface area (Å²) in [7, 11) is 2.79. The lowest BCUT2D eigenvalue weighted by Gasteiger charge is -2.10. The first kappa shape index (κ1) is 16.7. The summed E-state index contributed by atoms with van der Waals surface area (Å²) in [5, 5.41) is 26.1. The third kappa shape index (κ3) is 3.95. The number of methoxy groups -OCH3 is 2. The summed E-state index contributed by atoms with van der Waals surface area (Å²) in [6.07, 6.45) is 1.42. The van der Waals surface area contributed by atoms with Crippen LogP contribution in [-0.2, 0) is 4.79 Å². The van der Waals surface area contributed by atoms with Gasteiger partial charge in [-0.2, -0.15) is 0 Å². The number of aliphatic carboxylic acids is 1. The molecule has 1 heterocycles. The molecule has 0 atom stereocenters. The van der Waals surface area contributed by atoms with Crippen LogP contribution >= 0.6 is 11.8 Å². The van der Waals surface area contributed by atoms with Crippen molar-refractivity contribution in [3.63, 3.8) is 0 Å². The molecule has 0 spiro atoms. The van der Waals surface area contributed by atoms with E-state index in [1.54, 1.807) is 6.92 Å². The molecule has 0 aliphatic heterocycles. The smallest absolute Gasteiger partial charge is 0.342 e. The number of H-pyrrole nitrogens is 1. The molecule has 1 aromatic carbocycles. The monoisotopic (exact) mass is 337 g/mol. The molecule has 3 N–H and O–H groups in total. The van der Waals surface area contributed by atoms with Gasteiger partial charge in [0.15, 0.2) is 11.5 Å². The minimum absolute atomic E-state index is 0.0128. The fourth-order valence-corrected chi connectivity index (χ4v) is 2.50. The molecule has 0 fully saturated rings. The van der Waals surface area contributed by atoms with Crippen LogP contribution < -0.4 is 9.47 Å². The number of phenolic OH excluding ortho intramolecular Hbond substituents is 1. The fourth-order valence-electron chi connectivity index (χ4n) is 1.75. The Bertz CT molecular complexity index is 732. The van der Waals surface area contributed by atoms with E-state index in [2.05, 4.69) is 15.2 Å². The van der Waals surface area contributed by atoms with Gasteiger partial charge in [-0.3, -0.25) is 5.10 Å². The summed E-state index contributed by atoms with van der Waals surface area (Å²) in [4.78, 5) is 15.5. The van der Waals surface area contributed by atoms with Gasteiger partial charge in [0.25, 0.3) is 0 Å². The maximum atomic E-state index is 11.4. The van der Waals surface area contributed by atoms with Gasteiger partial charge in [-0.15, -0.1) is 5.10 Å². The van der Waals surface area contributed by atoms with Crippen molar-refractivity contribution in [3.8, 4) is 17.2 Å². The Balaban J connectivity index is 2.41. The number of aryl methyl sites for hydroxylation is 1. The molecule has 0 saturated heterocycles. The summed E-state index contributed by atoms with van der Waals surface area (Å²) in [6, 6.07) is 3.01. The van der Waals surface area contributed by atoms with Gasteiger partial charge >= 0.3 is 5.97 Å². The molecule has 1 aromatic heterocycles. The number of hydrogen-bond donors (Lipinski definition) is 3. The highest BCUT2D eigenvalue weighted by Crippen LogP contribution is 2.38. The highest BCUT2D eigenvalue weighted by molar-refractivity contribution is 8.04. The highest BCUT2D eigenvalue weighted by atomic mass is 32.2. The van der Waals surface area contributed by atoms with Crippen LogP contribution in [-0.4, -0.2) is 45.6 Å². The SMILES string of the molecule is COc1cc(/C=C(\Sc2n[nH]c(C)n2)C(=O)O)cc(OC)c1O. The van der Waals surface area contributed by atoms with Crippen LogP contribution in [0.3, 0.4) is 0 Å². The molecule has 9 heteroatoms. The van der Waals surface area contributed by atoms with E-state index in [0.717, 1.165) is 11.8 Å². The highest BCUT2D eigenvalue weighted by Gasteiger charge is 2.15. The van der Waals surface area contributed by atoms with Crippen LogP contribution in [0.4, 0.5) is 0 Å². The van der Waals surface area contributed by atoms with Crippen LogP contribution in [0.25, 0.3) is 6.08 Å². The van der Waals surface area contributed by atoms with Crippen molar-refractivity contribution >= 4 is 23.8 Å². The van der Waals surface area contributed by atoms with Gasteiger partial charge in [0, 0.05) is 0 Å². The average Bonchev–Trinajstić information content (AvgIpc) is 2.93. The average molecular weight is 337 g/mol. The zero-order valence-corrected chi connectivity index (χ0v) is 13.5. The maximum absolute atomic E-state index is 11.4.